The van der Waals surface area contributed by atoms with Crippen molar-refractivity contribution in [3.63, 3.8) is 0 Å². The number of benzene rings is 1. The Morgan fingerprint density at radius 2 is 1.95 bits per heavy atom. The molecule has 0 amide bonds. The molecule has 0 unspecified atom stereocenters. The van der Waals surface area contributed by atoms with E-state index in [4.69, 9.17) is 4.74 Å². The van der Waals surface area contributed by atoms with Crippen molar-refractivity contribution >= 4 is 10.0 Å². The number of sulfonamides is 1. The van der Waals surface area contributed by atoms with E-state index in [-0.39, 0.29) is 11.3 Å². The van der Waals surface area contributed by atoms with Gasteiger partial charge in [-0.3, -0.25) is 4.90 Å². The fourth-order valence-electron chi connectivity index (χ4n) is 2.64. The smallest absolute Gasteiger partial charge is 0.215 e. The zero-order chi connectivity index (χ0) is 16.2. The van der Waals surface area contributed by atoms with Crippen LogP contribution in [0.5, 0.6) is 0 Å². The summed E-state index contributed by atoms with van der Waals surface area (Å²) in [7, 11) is -3.33. The van der Waals surface area contributed by atoms with Gasteiger partial charge in [0.05, 0.1) is 19.0 Å². The minimum Gasteiger partial charge on any atom is -0.379 e. The standard InChI is InChI=1S/C16H26N2O3S/c1-14-5-4-6-15(11-14)12-22(19,20)17-13-16(2,3)18-7-9-21-10-8-18/h4-6,11,17H,7-10,12-13H2,1-3H3. The van der Waals surface area contributed by atoms with Crippen LogP contribution in [0, 0.1) is 6.92 Å². The maximum atomic E-state index is 12.3. The van der Waals surface area contributed by atoms with Crippen LogP contribution in [0.2, 0.25) is 0 Å². The van der Waals surface area contributed by atoms with Crippen molar-refractivity contribution in [1.29, 1.82) is 0 Å². The van der Waals surface area contributed by atoms with Crippen molar-refractivity contribution in [2.24, 2.45) is 0 Å². The van der Waals surface area contributed by atoms with Gasteiger partial charge in [0.15, 0.2) is 0 Å². The second kappa shape index (κ2) is 7.08. The third-order valence-electron chi connectivity index (χ3n) is 4.03. The summed E-state index contributed by atoms with van der Waals surface area (Å²) < 4.78 is 32.7. The van der Waals surface area contributed by atoms with Crippen molar-refractivity contribution in [3.05, 3.63) is 35.4 Å². The van der Waals surface area contributed by atoms with E-state index in [1.165, 1.54) is 0 Å². The van der Waals surface area contributed by atoms with Gasteiger partial charge in [-0.05, 0) is 26.3 Å². The lowest BCUT2D eigenvalue weighted by molar-refractivity contribution is -0.00803. The van der Waals surface area contributed by atoms with Crippen molar-refractivity contribution < 1.29 is 13.2 Å². The van der Waals surface area contributed by atoms with E-state index < -0.39 is 10.0 Å². The van der Waals surface area contributed by atoms with E-state index in [0.717, 1.165) is 24.2 Å². The normalized spacial score (nSPS) is 17.6. The first-order valence-corrected chi connectivity index (χ1v) is 9.29. The molecule has 0 aliphatic carbocycles. The topological polar surface area (TPSA) is 58.6 Å². The molecule has 0 saturated carbocycles. The molecule has 124 valence electrons. The summed E-state index contributed by atoms with van der Waals surface area (Å²) in [5.74, 6) is 0.0217. The molecule has 1 aromatic carbocycles. The molecule has 6 heteroatoms. The van der Waals surface area contributed by atoms with Crippen LogP contribution in [0.4, 0.5) is 0 Å². The number of rotatable bonds is 6. The molecule has 1 aliphatic heterocycles. The number of morpholine rings is 1. The van der Waals surface area contributed by atoms with E-state index in [1.807, 2.05) is 31.2 Å². The van der Waals surface area contributed by atoms with Gasteiger partial charge in [0, 0.05) is 25.2 Å². The van der Waals surface area contributed by atoms with Crippen LogP contribution in [0.3, 0.4) is 0 Å². The van der Waals surface area contributed by atoms with Crippen LogP contribution in [0.1, 0.15) is 25.0 Å². The lowest BCUT2D eigenvalue weighted by Gasteiger charge is -2.40. The van der Waals surface area contributed by atoms with Crippen LogP contribution in [0.15, 0.2) is 24.3 Å². The first-order valence-electron chi connectivity index (χ1n) is 7.64. The molecule has 1 aromatic rings. The zero-order valence-corrected chi connectivity index (χ0v) is 14.4. The van der Waals surface area contributed by atoms with Crippen LogP contribution in [0.25, 0.3) is 0 Å². The summed E-state index contributed by atoms with van der Waals surface area (Å²) in [5, 5.41) is 0. The lowest BCUT2D eigenvalue weighted by Crippen LogP contribution is -2.55. The molecule has 0 radical (unpaired) electrons. The Morgan fingerprint density at radius 3 is 2.59 bits per heavy atom. The lowest BCUT2D eigenvalue weighted by atomic mass is 10.0. The maximum absolute atomic E-state index is 12.3. The van der Waals surface area contributed by atoms with Gasteiger partial charge in [-0.2, -0.15) is 0 Å². The Hall–Kier alpha value is -0.950. The van der Waals surface area contributed by atoms with Gasteiger partial charge < -0.3 is 4.74 Å². The minimum absolute atomic E-state index is 0.0217. The molecule has 0 aromatic heterocycles. The minimum atomic E-state index is -3.33. The van der Waals surface area contributed by atoms with E-state index in [9.17, 15) is 8.42 Å². The molecule has 0 atom stereocenters. The molecule has 1 aliphatic rings. The third-order valence-corrected chi connectivity index (χ3v) is 5.33. The molecule has 1 heterocycles. The average Bonchev–Trinajstić information content (AvgIpc) is 2.46. The molecule has 22 heavy (non-hydrogen) atoms. The third kappa shape index (κ3) is 5.05. The number of hydrogen-bond acceptors (Lipinski definition) is 4. The number of hydrogen-bond donors (Lipinski definition) is 1. The summed E-state index contributed by atoms with van der Waals surface area (Å²) in [4.78, 5) is 2.27. The predicted octanol–water partition coefficient (Wildman–Crippen LogP) is 1.53. The number of nitrogens with zero attached hydrogens (tertiary/aromatic N) is 1. The highest BCUT2D eigenvalue weighted by Gasteiger charge is 2.29. The van der Waals surface area contributed by atoms with E-state index >= 15 is 0 Å². The van der Waals surface area contributed by atoms with Gasteiger partial charge in [0.25, 0.3) is 0 Å². The van der Waals surface area contributed by atoms with Gasteiger partial charge in [-0.1, -0.05) is 29.8 Å². The average molecular weight is 326 g/mol. The van der Waals surface area contributed by atoms with E-state index in [2.05, 4.69) is 23.5 Å². The van der Waals surface area contributed by atoms with Crippen molar-refractivity contribution in [2.75, 3.05) is 32.8 Å². The number of ether oxygens (including phenoxy) is 1. The SMILES string of the molecule is Cc1cccc(CS(=O)(=O)NCC(C)(C)N2CCOCC2)c1. The molecule has 0 bridgehead atoms. The summed E-state index contributed by atoms with van der Waals surface area (Å²) in [5.41, 5.74) is 1.67. The molecule has 0 spiro atoms. The molecular formula is C16H26N2O3S. The van der Waals surface area contributed by atoms with Crippen LogP contribution < -0.4 is 4.72 Å². The fourth-order valence-corrected chi connectivity index (χ4v) is 3.93. The molecule has 5 nitrogen and oxygen atoms in total. The zero-order valence-electron chi connectivity index (χ0n) is 13.6. The van der Waals surface area contributed by atoms with Crippen molar-refractivity contribution in [1.82, 2.24) is 9.62 Å². The maximum Gasteiger partial charge on any atom is 0.215 e. The van der Waals surface area contributed by atoms with Gasteiger partial charge >= 0.3 is 0 Å². The van der Waals surface area contributed by atoms with Gasteiger partial charge in [-0.25, -0.2) is 13.1 Å². The fraction of sp³-hybridized carbons (Fsp3) is 0.625. The summed E-state index contributed by atoms with van der Waals surface area (Å²) in [6, 6.07) is 7.61. The first kappa shape index (κ1) is 17.4. The summed E-state index contributed by atoms with van der Waals surface area (Å²) in [6.45, 7) is 9.59. The summed E-state index contributed by atoms with van der Waals surface area (Å²) in [6.07, 6.45) is 0. The predicted molar refractivity (Wildman–Crippen MR) is 88.3 cm³/mol. The highest BCUT2D eigenvalue weighted by atomic mass is 32.2. The highest BCUT2D eigenvalue weighted by molar-refractivity contribution is 7.88. The Morgan fingerprint density at radius 1 is 1.27 bits per heavy atom. The van der Waals surface area contributed by atoms with Crippen molar-refractivity contribution in [3.8, 4) is 0 Å². The molecule has 1 N–H and O–H groups in total. The number of nitrogens with one attached hydrogen (secondary N) is 1. The highest BCUT2D eigenvalue weighted by Crippen LogP contribution is 2.16. The van der Waals surface area contributed by atoms with Gasteiger partial charge in [0.1, 0.15) is 0 Å². The Labute approximate surface area is 133 Å². The first-order chi connectivity index (χ1) is 10.3. The van der Waals surface area contributed by atoms with Crippen molar-refractivity contribution in [2.45, 2.75) is 32.1 Å². The Kier molecular flexibility index (Phi) is 5.60. The molecule has 1 saturated heterocycles. The van der Waals surface area contributed by atoms with Gasteiger partial charge in [-0.15, -0.1) is 0 Å². The molecular weight excluding hydrogens is 300 g/mol. The quantitative estimate of drug-likeness (QED) is 0.861. The van der Waals surface area contributed by atoms with E-state index in [0.29, 0.717) is 19.8 Å². The monoisotopic (exact) mass is 326 g/mol. The van der Waals surface area contributed by atoms with Gasteiger partial charge in [0.2, 0.25) is 10.0 Å². The second-order valence-corrected chi connectivity index (χ2v) is 8.29. The Bertz CT molecular complexity index is 593. The molecule has 1 fully saturated rings. The van der Waals surface area contributed by atoms with Crippen LogP contribution in [-0.4, -0.2) is 51.7 Å². The van der Waals surface area contributed by atoms with Crippen LogP contribution >= 0.6 is 0 Å². The van der Waals surface area contributed by atoms with Crippen LogP contribution in [-0.2, 0) is 20.5 Å². The number of aryl methyl sites for hydroxylation is 1. The Balaban J connectivity index is 1.94. The largest absolute Gasteiger partial charge is 0.379 e. The summed E-state index contributed by atoms with van der Waals surface area (Å²) >= 11 is 0. The molecule has 2 rings (SSSR count). The second-order valence-electron chi connectivity index (χ2n) is 6.48. The van der Waals surface area contributed by atoms with E-state index in [1.54, 1.807) is 0 Å².